The summed E-state index contributed by atoms with van der Waals surface area (Å²) >= 11 is 8.85. The highest BCUT2D eigenvalue weighted by Gasteiger charge is 2.42. The Labute approximate surface area is 104 Å². The molecule has 1 atom stereocenters. The fraction of sp³-hybridized carbons (Fsp3) is 0.222. The summed E-state index contributed by atoms with van der Waals surface area (Å²) in [7, 11) is 0. The molecule has 7 heteroatoms. The largest absolute Gasteiger partial charge is 0.222 e. The molecule has 88 valence electrons. The summed E-state index contributed by atoms with van der Waals surface area (Å²) in [5, 5.41) is 0.950. The Morgan fingerprint density at radius 1 is 1.38 bits per heavy atom. The van der Waals surface area contributed by atoms with Gasteiger partial charge in [-0.05, 0) is 24.6 Å². The first-order valence-electron chi connectivity index (χ1n) is 4.15. The van der Waals surface area contributed by atoms with Gasteiger partial charge < -0.3 is 0 Å². The molecule has 1 rings (SSSR count). The van der Waals surface area contributed by atoms with Gasteiger partial charge in [-0.15, -0.1) is 0 Å². The summed E-state index contributed by atoms with van der Waals surface area (Å²) in [4.78, 5) is -2.38. The van der Waals surface area contributed by atoms with Crippen LogP contribution in [0.2, 0.25) is 0 Å². The minimum atomic E-state index is -2.38. The van der Waals surface area contributed by atoms with Gasteiger partial charge in [0.25, 0.3) is 0 Å². The molecule has 0 saturated carbocycles. The normalized spacial score (nSPS) is 16.3. The molecule has 0 N–H and O–H groups in total. The van der Waals surface area contributed by atoms with E-state index in [2.05, 4.69) is 21.1 Å². The maximum Gasteiger partial charge on any atom is 0.222 e. The van der Waals surface area contributed by atoms with Crippen molar-refractivity contribution in [3.63, 3.8) is 0 Å². The fourth-order valence-electron chi connectivity index (χ4n) is 1.16. The van der Waals surface area contributed by atoms with Gasteiger partial charge in [-0.3, -0.25) is 0 Å². The molecule has 1 aromatic rings. The zero-order chi connectivity index (χ0) is 12.3. The first-order chi connectivity index (χ1) is 7.42. The average molecular weight is 316 g/mol. The van der Waals surface area contributed by atoms with Crippen LogP contribution in [-0.4, -0.2) is 11.1 Å². The van der Waals surface area contributed by atoms with Gasteiger partial charge >= 0.3 is 0 Å². The molecule has 1 aromatic carbocycles. The maximum atomic E-state index is 12.7. The minimum absolute atomic E-state index is 0.0290. The van der Waals surface area contributed by atoms with E-state index in [1.54, 1.807) is 0 Å². The van der Waals surface area contributed by atoms with Crippen molar-refractivity contribution in [3.05, 3.63) is 34.3 Å². The van der Waals surface area contributed by atoms with Crippen LogP contribution in [-0.2, 0) is 5.00 Å². The van der Waals surface area contributed by atoms with Crippen LogP contribution < -0.4 is 0 Å². The number of alkyl halides is 1. The van der Waals surface area contributed by atoms with Crippen molar-refractivity contribution >= 4 is 33.2 Å². The van der Waals surface area contributed by atoms with E-state index in [1.807, 2.05) is 0 Å². The van der Waals surface area contributed by atoms with E-state index >= 15 is 0 Å². The first kappa shape index (κ1) is 13.5. The van der Waals surface area contributed by atoms with Crippen LogP contribution in [0.25, 0.3) is 0 Å². The number of halogens is 5. The van der Waals surface area contributed by atoms with Crippen LogP contribution in [0.1, 0.15) is 12.5 Å². The lowest BCUT2D eigenvalue weighted by Gasteiger charge is -2.25. The Bertz CT molecular complexity index is 396. The lowest BCUT2D eigenvalue weighted by atomic mass is 10.0. The van der Waals surface area contributed by atoms with Crippen LogP contribution in [0, 0.1) is 0 Å². The Morgan fingerprint density at radius 3 is 2.25 bits per heavy atom. The summed E-state index contributed by atoms with van der Waals surface area (Å²) < 4.78 is 38.3. The van der Waals surface area contributed by atoms with Gasteiger partial charge in [0.05, 0.1) is 11.1 Å². The first-order valence-corrected chi connectivity index (χ1v) is 5.32. The number of hydrogen-bond acceptors (Lipinski definition) is 2. The molecule has 1 unspecified atom stereocenters. The standard InChI is InChI=1S/C9H7BrClF3N2/c1-6(15-12)9(11,16(13)14)7-2-4-8(10)5-3-7/h2-5H,1H3. The smallest absolute Gasteiger partial charge is 0.0988 e. The van der Waals surface area contributed by atoms with E-state index < -0.39 is 16.1 Å². The molecule has 0 heterocycles. The summed E-state index contributed by atoms with van der Waals surface area (Å²) in [6.07, 6.45) is 0. The Morgan fingerprint density at radius 2 is 1.88 bits per heavy atom. The van der Waals surface area contributed by atoms with E-state index in [-0.39, 0.29) is 5.56 Å². The molecule has 0 saturated heterocycles. The van der Waals surface area contributed by atoms with Crippen LogP contribution in [0.3, 0.4) is 0 Å². The molecule has 0 radical (unpaired) electrons. The molecular formula is C9H7BrClF3N2. The van der Waals surface area contributed by atoms with Crippen molar-refractivity contribution in [1.29, 1.82) is 0 Å². The van der Waals surface area contributed by atoms with Crippen molar-refractivity contribution in [2.24, 2.45) is 5.21 Å². The van der Waals surface area contributed by atoms with E-state index in [4.69, 9.17) is 11.6 Å². The highest BCUT2D eigenvalue weighted by atomic mass is 79.9. The van der Waals surface area contributed by atoms with Gasteiger partial charge in [-0.25, -0.2) is 0 Å². The number of benzene rings is 1. The molecular weight excluding hydrogens is 308 g/mol. The van der Waals surface area contributed by atoms with Crippen molar-refractivity contribution in [2.75, 3.05) is 0 Å². The molecule has 0 aliphatic carbocycles. The van der Waals surface area contributed by atoms with Crippen molar-refractivity contribution < 1.29 is 13.4 Å². The quantitative estimate of drug-likeness (QED) is 0.352. The lowest BCUT2D eigenvalue weighted by molar-refractivity contribution is -0.186. The van der Waals surface area contributed by atoms with Crippen molar-refractivity contribution in [3.8, 4) is 0 Å². The number of nitrogens with zero attached hydrogens (tertiary/aromatic N) is 2. The van der Waals surface area contributed by atoms with Gasteiger partial charge in [0.1, 0.15) is 0 Å². The third kappa shape index (κ3) is 2.39. The van der Waals surface area contributed by atoms with E-state index in [0.29, 0.717) is 4.47 Å². The van der Waals surface area contributed by atoms with Gasteiger partial charge in [0.15, 0.2) is 0 Å². The van der Waals surface area contributed by atoms with Gasteiger partial charge in [0.2, 0.25) is 5.00 Å². The second-order valence-electron chi connectivity index (χ2n) is 3.03. The Balaban J connectivity index is 3.27. The molecule has 0 fully saturated rings. The second-order valence-corrected chi connectivity index (χ2v) is 4.49. The van der Waals surface area contributed by atoms with E-state index in [1.165, 1.54) is 24.3 Å². The second kappa shape index (κ2) is 5.16. The third-order valence-electron chi connectivity index (χ3n) is 2.07. The molecule has 0 amide bonds. The highest BCUT2D eigenvalue weighted by Crippen LogP contribution is 2.36. The van der Waals surface area contributed by atoms with Crippen LogP contribution in [0.4, 0.5) is 13.4 Å². The van der Waals surface area contributed by atoms with Crippen LogP contribution in [0.5, 0.6) is 0 Å². The zero-order valence-corrected chi connectivity index (χ0v) is 10.4. The number of rotatable bonds is 3. The summed E-state index contributed by atoms with van der Waals surface area (Å²) in [6, 6.07) is 5.78. The Kier molecular flexibility index (Phi) is 4.35. The monoisotopic (exact) mass is 314 g/mol. The topological polar surface area (TPSA) is 15.6 Å². The minimum Gasteiger partial charge on any atom is -0.0988 e. The zero-order valence-electron chi connectivity index (χ0n) is 8.09. The van der Waals surface area contributed by atoms with E-state index in [9.17, 15) is 13.4 Å². The van der Waals surface area contributed by atoms with Crippen LogP contribution in [0.15, 0.2) is 34.0 Å². The van der Waals surface area contributed by atoms with Crippen molar-refractivity contribution in [1.82, 2.24) is 5.34 Å². The van der Waals surface area contributed by atoms with Crippen molar-refractivity contribution in [2.45, 2.75) is 11.9 Å². The lowest BCUT2D eigenvalue weighted by Crippen LogP contribution is -2.37. The van der Waals surface area contributed by atoms with Gasteiger partial charge in [-0.1, -0.05) is 58.3 Å². The number of hydrogen-bond donors (Lipinski definition) is 0. The molecule has 0 aliphatic rings. The summed E-state index contributed by atoms with van der Waals surface area (Å²) in [6.45, 7) is 1.08. The van der Waals surface area contributed by atoms with E-state index in [0.717, 1.165) is 6.92 Å². The molecule has 0 spiro atoms. The molecule has 2 nitrogen and oxygen atoms in total. The summed E-state index contributed by atoms with van der Waals surface area (Å²) in [5.74, 6) is 0. The summed E-state index contributed by atoms with van der Waals surface area (Å²) in [5.41, 5.74) is -0.511. The molecule has 0 bridgehead atoms. The molecule has 0 aromatic heterocycles. The molecule has 0 aliphatic heterocycles. The van der Waals surface area contributed by atoms with Gasteiger partial charge in [-0.2, -0.15) is 0 Å². The predicted octanol–water partition coefficient (Wildman–Crippen LogP) is 4.26. The van der Waals surface area contributed by atoms with Gasteiger partial charge in [0, 0.05) is 4.47 Å². The fourth-order valence-corrected chi connectivity index (χ4v) is 1.58. The predicted molar refractivity (Wildman–Crippen MR) is 59.9 cm³/mol. The highest BCUT2D eigenvalue weighted by molar-refractivity contribution is 9.10. The SMILES string of the molecule is CC(=NF)C(Cl)(c1ccc(Br)cc1)N(F)F. The molecule has 16 heavy (non-hydrogen) atoms. The Hall–Kier alpha value is -0.590. The maximum absolute atomic E-state index is 12.7. The van der Waals surface area contributed by atoms with Crippen LogP contribution >= 0.6 is 27.5 Å². The third-order valence-corrected chi connectivity index (χ3v) is 3.21. The average Bonchev–Trinajstić information content (AvgIpc) is 2.27.